The number of nitrogens with two attached hydrogens (primary N) is 1. The SMILES string of the molecule is CC(C)(CO)C(=O)SCCOP(=O)(COCCn1cnc2c(N)ncnc21)NCc1ccccc1. The van der Waals surface area contributed by atoms with Crippen LogP contribution in [-0.4, -0.2) is 61.7 Å². The molecule has 0 aliphatic rings. The number of carbonyl (C=O) groups excluding carboxylic acids is 1. The van der Waals surface area contributed by atoms with Gasteiger partial charge in [0.15, 0.2) is 16.6 Å². The Balaban J connectivity index is 1.54. The molecule has 0 saturated heterocycles. The normalized spacial score (nSPS) is 13.7. The second-order valence-corrected chi connectivity index (χ2v) is 11.7. The van der Waals surface area contributed by atoms with Crippen LogP contribution >= 0.6 is 19.3 Å². The highest BCUT2D eigenvalue weighted by Crippen LogP contribution is 2.43. The van der Waals surface area contributed by atoms with Gasteiger partial charge in [0.05, 0.1) is 31.6 Å². The van der Waals surface area contributed by atoms with Gasteiger partial charge in [-0.2, -0.15) is 0 Å². The van der Waals surface area contributed by atoms with E-state index in [4.69, 9.17) is 15.0 Å². The van der Waals surface area contributed by atoms with Crippen molar-refractivity contribution in [2.45, 2.75) is 26.9 Å². The summed E-state index contributed by atoms with van der Waals surface area (Å²) in [5.41, 5.74) is 7.04. The molecule has 4 N–H and O–H groups in total. The lowest BCUT2D eigenvalue weighted by atomic mass is 9.97. The molecular weight excluding hydrogens is 491 g/mol. The minimum Gasteiger partial charge on any atom is -0.395 e. The molecular formula is C22H31N6O5PS. The van der Waals surface area contributed by atoms with E-state index in [-0.39, 0.29) is 31.3 Å². The molecule has 0 fully saturated rings. The highest BCUT2D eigenvalue weighted by molar-refractivity contribution is 8.13. The van der Waals surface area contributed by atoms with E-state index in [0.29, 0.717) is 35.8 Å². The molecule has 0 radical (unpaired) electrons. The third-order valence-electron chi connectivity index (χ3n) is 5.10. The molecule has 0 spiro atoms. The molecule has 2 heterocycles. The number of rotatable bonds is 14. The summed E-state index contributed by atoms with van der Waals surface area (Å²) in [6.07, 6.45) is 2.83. The first-order valence-electron chi connectivity index (χ1n) is 11.0. The maximum absolute atomic E-state index is 13.5. The fraction of sp³-hybridized carbons (Fsp3) is 0.455. The summed E-state index contributed by atoms with van der Waals surface area (Å²) in [7, 11) is -3.37. The third-order valence-corrected chi connectivity index (χ3v) is 8.05. The summed E-state index contributed by atoms with van der Waals surface area (Å²) in [4.78, 5) is 24.5. The van der Waals surface area contributed by atoms with Gasteiger partial charge in [0, 0.05) is 18.8 Å². The van der Waals surface area contributed by atoms with Gasteiger partial charge in [0.25, 0.3) is 7.52 Å². The number of nitrogen functional groups attached to an aromatic ring is 1. The topological polar surface area (TPSA) is 154 Å². The van der Waals surface area contributed by atoms with Crippen LogP contribution in [0, 0.1) is 5.41 Å². The summed E-state index contributed by atoms with van der Waals surface area (Å²) < 4.78 is 26.6. The van der Waals surface area contributed by atoms with Crippen molar-refractivity contribution in [2.24, 2.45) is 5.41 Å². The highest BCUT2D eigenvalue weighted by atomic mass is 32.2. The number of anilines is 1. The van der Waals surface area contributed by atoms with Crippen LogP contribution in [0.2, 0.25) is 0 Å². The number of thioether (sulfide) groups is 1. The average molecular weight is 523 g/mol. The van der Waals surface area contributed by atoms with Gasteiger partial charge in [0.1, 0.15) is 18.2 Å². The predicted octanol–water partition coefficient (Wildman–Crippen LogP) is 2.66. The maximum Gasteiger partial charge on any atom is 0.295 e. The minimum absolute atomic E-state index is 0.0860. The van der Waals surface area contributed by atoms with E-state index in [1.54, 1.807) is 24.7 Å². The van der Waals surface area contributed by atoms with Crippen LogP contribution in [0.5, 0.6) is 0 Å². The van der Waals surface area contributed by atoms with Gasteiger partial charge in [-0.3, -0.25) is 9.36 Å². The molecule has 35 heavy (non-hydrogen) atoms. The van der Waals surface area contributed by atoms with Crippen molar-refractivity contribution in [2.75, 3.05) is 37.7 Å². The number of aliphatic hydroxyl groups is 1. The Morgan fingerprint density at radius 1 is 1.23 bits per heavy atom. The van der Waals surface area contributed by atoms with Crippen LogP contribution in [-0.2, 0) is 31.7 Å². The van der Waals surface area contributed by atoms with Crippen LogP contribution in [0.15, 0.2) is 43.0 Å². The third kappa shape index (κ3) is 7.83. The molecule has 0 amide bonds. The van der Waals surface area contributed by atoms with E-state index in [1.165, 1.54) is 6.33 Å². The van der Waals surface area contributed by atoms with E-state index < -0.39 is 12.9 Å². The fourth-order valence-corrected chi connectivity index (χ4v) is 5.29. The largest absolute Gasteiger partial charge is 0.395 e. The van der Waals surface area contributed by atoms with Crippen molar-refractivity contribution in [3.8, 4) is 0 Å². The van der Waals surface area contributed by atoms with Crippen LogP contribution in [0.1, 0.15) is 19.4 Å². The Morgan fingerprint density at radius 3 is 2.74 bits per heavy atom. The van der Waals surface area contributed by atoms with Crippen molar-refractivity contribution in [3.63, 3.8) is 0 Å². The van der Waals surface area contributed by atoms with E-state index >= 15 is 0 Å². The number of hydrogen-bond acceptors (Lipinski definition) is 10. The molecule has 190 valence electrons. The summed E-state index contributed by atoms with van der Waals surface area (Å²) in [6, 6.07) is 9.54. The maximum atomic E-state index is 13.5. The van der Waals surface area contributed by atoms with Gasteiger partial charge >= 0.3 is 0 Å². The lowest BCUT2D eigenvalue weighted by Crippen LogP contribution is -2.26. The fourth-order valence-electron chi connectivity index (χ4n) is 2.93. The molecule has 3 rings (SSSR count). The first kappa shape index (κ1) is 27.3. The first-order chi connectivity index (χ1) is 16.7. The van der Waals surface area contributed by atoms with Crippen molar-refractivity contribution in [1.82, 2.24) is 24.6 Å². The number of fused-ring (bicyclic) bond motifs is 1. The Kier molecular flexibility index (Phi) is 9.79. The number of imidazole rings is 1. The number of aliphatic hydroxyl groups excluding tert-OH is 1. The number of aromatic nitrogens is 4. The molecule has 1 unspecified atom stereocenters. The summed E-state index contributed by atoms with van der Waals surface area (Å²) in [6.45, 7) is 4.20. The molecule has 1 aromatic carbocycles. The number of benzene rings is 1. The quantitative estimate of drug-likeness (QED) is 0.211. The van der Waals surface area contributed by atoms with E-state index in [9.17, 15) is 14.5 Å². The monoisotopic (exact) mass is 522 g/mol. The van der Waals surface area contributed by atoms with Gasteiger partial charge < -0.3 is 24.7 Å². The highest BCUT2D eigenvalue weighted by Gasteiger charge is 2.28. The molecule has 13 heteroatoms. The lowest BCUT2D eigenvalue weighted by Gasteiger charge is -2.21. The Bertz CT molecular complexity index is 1160. The van der Waals surface area contributed by atoms with Gasteiger partial charge in [0.2, 0.25) is 0 Å². The minimum atomic E-state index is -3.37. The van der Waals surface area contributed by atoms with Crippen LogP contribution in [0.4, 0.5) is 5.82 Å². The number of nitrogens with zero attached hydrogens (tertiary/aromatic N) is 4. The molecule has 0 aliphatic heterocycles. The van der Waals surface area contributed by atoms with Gasteiger partial charge in [-0.1, -0.05) is 42.1 Å². The molecule has 2 aromatic heterocycles. The smallest absolute Gasteiger partial charge is 0.295 e. The standard InChI is InChI=1S/C22H31N6O5PS/c1-22(2,13-29)21(30)35-11-10-33-34(31,27-12-17-6-4-3-5-7-17)16-32-9-8-28-15-26-18-19(23)24-14-25-20(18)28/h3-7,14-15,29H,8-13,16H2,1-2H3,(H,27,31)(H2,23,24,25). The molecule has 3 aromatic rings. The van der Waals surface area contributed by atoms with E-state index in [1.807, 2.05) is 30.3 Å². The summed E-state index contributed by atoms with van der Waals surface area (Å²) in [5, 5.41) is 12.2. The van der Waals surface area contributed by atoms with Crippen molar-refractivity contribution in [3.05, 3.63) is 48.5 Å². The summed E-state index contributed by atoms with van der Waals surface area (Å²) >= 11 is 1.05. The van der Waals surface area contributed by atoms with E-state index in [0.717, 1.165) is 17.3 Å². The number of carbonyl (C=O) groups is 1. The van der Waals surface area contributed by atoms with Crippen LogP contribution < -0.4 is 10.8 Å². The molecule has 0 aliphatic carbocycles. The molecule has 0 bridgehead atoms. The summed E-state index contributed by atoms with van der Waals surface area (Å²) in [5.74, 6) is 0.609. The second kappa shape index (κ2) is 12.6. The van der Waals surface area contributed by atoms with Gasteiger partial charge in [-0.25, -0.2) is 20.0 Å². The average Bonchev–Trinajstić information content (AvgIpc) is 3.28. The van der Waals surface area contributed by atoms with Crippen LogP contribution in [0.3, 0.4) is 0 Å². The Hall–Kier alpha value is -2.34. The van der Waals surface area contributed by atoms with Crippen molar-refractivity contribution >= 4 is 41.4 Å². The van der Waals surface area contributed by atoms with Crippen molar-refractivity contribution in [1.29, 1.82) is 0 Å². The van der Waals surface area contributed by atoms with Gasteiger partial charge in [-0.15, -0.1) is 0 Å². The van der Waals surface area contributed by atoms with Gasteiger partial charge in [-0.05, 0) is 19.4 Å². The second-order valence-electron chi connectivity index (χ2n) is 8.41. The van der Waals surface area contributed by atoms with E-state index in [2.05, 4.69) is 20.0 Å². The zero-order chi connectivity index (χ0) is 25.3. The molecule has 11 nitrogen and oxygen atoms in total. The van der Waals surface area contributed by atoms with Crippen molar-refractivity contribution < 1.29 is 23.7 Å². The zero-order valence-electron chi connectivity index (χ0n) is 19.8. The molecule has 1 atom stereocenters. The molecule has 0 saturated carbocycles. The predicted molar refractivity (Wildman–Crippen MR) is 136 cm³/mol. The Labute approximate surface area is 208 Å². The lowest BCUT2D eigenvalue weighted by molar-refractivity contribution is -0.119. The Morgan fingerprint density at radius 2 is 2.00 bits per heavy atom. The first-order valence-corrected chi connectivity index (χ1v) is 13.8. The van der Waals surface area contributed by atoms with Crippen LogP contribution in [0.25, 0.3) is 11.2 Å². The number of hydrogen-bond donors (Lipinski definition) is 3. The number of nitrogens with one attached hydrogen (secondary N) is 1. The zero-order valence-corrected chi connectivity index (χ0v) is 21.5. The number of ether oxygens (including phenoxy) is 1.